The Morgan fingerprint density at radius 1 is 1.40 bits per heavy atom. The number of nitriles is 1. The van der Waals surface area contributed by atoms with Gasteiger partial charge in [0.2, 0.25) is 10.0 Å². The predicted molar refractivity (Wildman–Crippen MR) is 76.7 cm³/mol. The number of likely N-dealkylation sites (tertiary alicyclic amines) is 1. The molecule has 0 amide bonds. The molecule has 20 heavy (non-hydrogen) atoms. The lowest BCUT2D eigenvalue weighted by Crippen LogP contribution is -2.36. The van der Waals surface area contributed by atoms with Gasteiger partial charge in [-0.3, -0.25) is 0 Å². The molecule has 1 aliphatic rings. The van der Waals surface area contributed by atoms with Gasteiger partial charge in [-0.1, -0.05) is 0 Å². The van der Waals surface area contributed by atoms with E-state index in [4.69, 9.17) is 10.4 Å². The molecule has 0 saturated carbocycles. The van der Waals surface area contributed by atoms with Crippen LogP contribution in [-0.2, 0) is 10.0 Å². The van der Waals surface area contributed by atoms with Crippen LogP contribution in [0.5, 0.6) is 0 Å². The van der Waals surface area contributed by atoms with Crippen LogP contribution in [0.4, 0.5) is 5.69 Å². The third-order valence-corrected chi connectivity index (χ3v) is 4.43. The van der Waals surface area contributed by atoms with Crippen LogP contribution in [0.2, 0.25) is 0 Å². The van der Waals surface area contributed by atoms with Crippen molar-refractivity contribution in [3.05, 3.63) is 23.8 Å². The van der Waals surface area contributed by atoms with E-state index in [1.807, 2.05) is 6.07 Å². The van der Waals surface area contributed by atoms with Crippen LogP contribution in [0.1, 0.15) is 18.4 Å². The molecule has 0 radical (unpaired) electrons. The molecule has 1 fully saturated rings. The van der Waals surface area contributed by atoms with E-state index in [9.17, 15) is 8.42 Å². The number of anilines is 1. The van der Waals surface area contributed by atoms with E-state index in [0.717, 1.165) is 25.9 Å². The summed E-state index contributed by atoms with van der Waals surface area (Å²) in [4.78, 5) is 2.22. The van der Waals surface area contributed by atoms with E-state index in [2.05, 4.69) is 17.3 Å². The highest BCUT2D eigenvalue weighted by Crippen LogP contribution is 2.22. The number of sulfonamides is 1. The van der Waals surface area contributed by atoms with E-state index in [0.29, 0.717) is 17.3 Å². The van der Waals surface area contributed by atoms with Crippen LogP contribution in [0.25, 0.3) is 0 Å². The van der Waals surface area contributed by atoms with Gasteiger partial charge >= 0.3 is 0 Å². The molecule has 7 heteroatoms. The minimum absolute atomic E-state index is 0.0389. The quantitative estimate of drug-likeness (QED) is 0.855. The first-order valence-corrected chi connectivity index (χ1v) is 7.97. The van der Waals surface area contributed by atoms with Crippen LogP contribution in [0.15, 0.2) is 23.1 Å². The highest BCUT2D eigenvalue weighted by atomic mass is 32.2. The minimum Gasteiger partial charge on any atom is -0.381 e. The molecule has 1 aromatic carbocycles. The lowest BCUT2D eigenvalue weighted by Gasteiger charge is -2.30. The zero-order valence-corrected chi connectivity index (χ0v) is 12.2. The summed E-state index contributed by atoms with van der Waals surface area (Å²) >= 11 is 0. The molecule has 0 bridgehead atoms. The maximum Gasteiger partial charge on any atom is 0.238 e. The lowest BCUT2D eigenvalue weighted by molar-refractivity contribution is 0.264. The van der Waals surface area contributed by atoms with Crippen molar-refractivity contribution in [1.29, 1.82) is 5.26 Å². The Morgan fingerprint density at radius 3 is 2.60 bits per heavy atom. The summed E-state index contributed by atoms with van der Waals surface area (Å²) in [6.45, 7) is 2.02. The first-order valence-electron chi connectivity index (χ1n) is 6.42. The maximum absolute atomic E-state index is 11.3. The van der Waals surface area contributed by atoms with Gasteiger partial charge in [-0.25, -0.2) is 13.6 Å². The van der Waals surface area contributed by atoms with Crippen molar-refractivity contribution in [1.82, 2.24) is 4.90 Å². The molecule has 108 valence electrons. The van der Waals surface area contributed by atoms with Gasteiger partial charge in [-0.15, -0.1) is 0 Å². The number of primary sulfonamides is 1. The molecule has 2 rings (SSSR count). The van der Waals surface area contributed by atoms with Crippen molar-refractivity contribution in [2.45, 2.75) is 23.8 Å². The summed E-state index contributed by atoms with van der Waals surface area (Å²) in [5, 5.41) is 17.5. The number of piperidine rings is 1. The molecule has 0 aliphatic carbocycles. The molecule has 6 nitrogen and oxygen atoms in total. The largest absolute Gasteiger partial charge is 0.381 e. The molecule has 3 N–H and O–H groups in total. The Kier molecular flexibility index (Phi) is 4.28. The van der Waals surface area contributed by atoms with Crippen LogP contribution < -0.4 is 10.5 Å². The Labute approximate surface area is 119 Å². The fourth-order valence-electron chi connectivity index (χ4n) is 2.29. The number of nitrogens with one attached hydrogen (secondary N) is 1. The van der Waals surface area contributed by atoms with Crippen LogP contribution in [0, 0.1) is 11.3 Å². The fraction of sp³-hybridized carbons (Fsp3) is 0.462. The number of hydrogen-bond donors (Lipinski definition) is 2. The Morgan fingerprint density at radius 2 is 2.05 bits per heavy atom. The van der Waals surface area contributed by atoms with Gasteiger partial charge in [-0.2, -0.15) is 5.26 Å². The van der Waals surface area contributed by atoms with Crippen molar-refractivity contribution in [3.8, 4) is 6.07 Å². The van der Waals surface area contributed by atoms with Gasteiger partial charge in [0, 0.05) is 6.04 Å². The zero-order valence-electron chi connectivity index (χ0n) is 11.3. The lowest BCUT2D eigenvalue weighted by atomic mass is 10.0. The van der Waals surface area contributed by atoms with Gasteiger partial charge in [0.25, 0.3) is 0 Å². The molecule has 1 heterocycles. The van der Waals surface area contributed by atoms with Crippen molar-refractivity contribution >= 4 is 15.7 Å². The molecule has 0 atom stereocenters. The number of rotatable bonds is 3. The van der Waals surface area contributed by atoms with Gasteiger partial charge < -0.3 is 10.2 Å². The number of hydrogen-bond acceptors (Lipinski definition) is 5. The number of benzene rings is 1. The standard InChI is InChI=1S/C13H18N4O2S/c1-17-6-4-11(5-7-17)16-13-3-2-12(20(15,18)19)8-10(13)9-14/h2-3,8,11,16H,4-7H2,1H3,(H2,15,18,19). The topological polar surface area (TPSA) is 99.2 Å². The molecule has 1 saturated heterocycles. The second kappa shape index (κ2) is 5.79. The molecular weight excluding hydrogens is 276 g/mol. The first kappa shape index (κ1) is 14.8. The molecule has 0 unspecified atom stereocenters. The summed E-state index contributed by atoms with van der Waals surface area (Å²) < 4.78 is 22.6. The third-order valence-electron chi connectivity index (χ3n) is 3.52. The number of nitrogens with zero attached hydrogens (tertiary/aromatic N) is 2. The van der Waals surface area contributed by atoms with Crippen LogP contribution >= 0.6 is 0 Å². The second-order valence-electron chi connectivity index (χ2n) is 5.09. The smallest absolute Gasteiger partial charge is 0.238 e. The van der Waals surface area contributed by atoms with Crippen LogP contribution in [-0.4, -0.2) is 39.5 Å². The highest BCUT2D eigenvalue weighted by molar-refractivity contribution is 7.89. The van der Waals surface area contributed by atoms with Crippen molar-refractivity contribution in [3.63, 3.8) is 0 Å². The summed E-state index contributed by atoms with van der Waals surface area (Å²) in [7, 11) is -1.70. The maximum atomic E-state index is 11.3. The molecular formula is C13H18N4O2S. The van der Waals surface area contributed by atoms with Crippen molar-refractivity contribution < 1.29 is 8.42 Å². The van der Waals surface area contributed by atoms with Crippen molar-refractivity contribution in [2.24, 2.45) is 5.14 Å². The minimum atomic E-state index is -3.78. The average molecular weight is 294 g/mol. The molecule has 1 aromatic rings. The summed E-state index contributed by atoms with van der Waals surface area (Å²) in [5.74, 6) is 0. The molecule has 0 spiro atoms. The van der Waals surface area contributed by atoms with E-state index >= 15 is 0 Å². The number of nitrogens with two attached hydrogens (primary N) is 1. The normalized spacial score (nSPS) is 17.6. The van der Waals surface area contributed by atoms with E-state index in [1.165, 1.54) is 12.1 Å². The van der Waals surface area contributed by atoms with E-state index < -0.39 is 10.0 Å². The van der Waals surface area contributed by atoms with Gasteiger partial charge in [0.1, 0.15) is 6.07 Å². The Bertz CT molecular complexity index is 628. The van der Waals surface area contributed by atoms with Crippen LogP contribution in [0.3, 0.4) is 0 Å². The first-order chi connectivity index (χ1) is 9.40. The fourth-order valence-corrected chi connectivity index (χ4v) is 2.83. The SMILES string of the molecule is CN1CCC(Nc2ccc(S(N)(=O)=O)cc2C#N)CC1. The van der Waals surface area contributed by atoms with Gasteiger partial charge in [0.15, 0.2) is 0 Å². The zero-order chi connectivity index (χ0) is 14.8. The summed E-state index contributed by atoms with van der Waals surface area (Å²) in [5.41, 5.74) is 0.963. The molecule has 0 aromatic heterocycles. The summed E-state index contributed by atoms with van der Waals surface area (Å²) in [6.07, 6.45) is 2.00. The second-order valence-corrected chi connectivity index (χ2v) is 6.65. The van der Waals surface area contributed by atoms with E-state index in [1.54, 1.807) is 6.07 Å². The van der Waals surface area contributed by atoms with Gasteiger partial charge in [0.05, 0.1) is 16.1 Å². The van der Waals surface area contributed by atoms with Gasteiger partial charge in [-0.05, 0) is 51.2 Å². The van der Waals surface area contributed by atoms with E-state index in [-0.39, 0.29) is 4.90 Å². The average Bonchev–Trinajstić information content (AvgIpc) is 2.40. The van der Waals surface area contributed by atoms with Crippen molar-refractivity contribution in [2.75, 3.05) is 25.5 Å². The third kappa shape index (κ3) is 3.48. The monoisotopic (exact) mass is 294 g/mol. The Balaban J connectivity index is 2.19. The predicted octanol–water partition coefficient (Wildman–Crippen LogP) is 0.712. The summed E-state index contributed by atoms with van der Waals surface area (Å²) in [6, 6.07) is 6.66. The molecule has 1 aliphatic heterocycles. The highest BCUT2D eigenvalue weighted by Gasteiger charge is 2.18. The Hall–Kier alpha value is -1.62.